The molecule has 0 radical (unpaired) electrons. The van der Waals surface area contributed by atoms with E-state index in [4.69, 9.17) is 16.3 Å². The summed E-state index contributed by atoms with van der Waals surface area (Å²) in [5.74, 6) is 2.52. The Bertz CT molecular complexity index is 963. The molecule has 40 heavy (non-hydrogen) atoms. The van der Waals surface area contributed by atoms with E-state index in [2.05, 4.69) is 116 Å². The molecule has 3 rings (SSSR count). The van der Waals surface area contributed by atoms with Gasteiger partial charge in [-0.1, -0.05) is 129 Å². The molecule has 0 aliphatic heterocycles. The molecule has 1 aliphatic rings. The Morgan fingerprint density at radius 1 is 0.800 bits per heavy atom. The van der Waals surface area contributed by atoms with Crippen molar-refractivity contribution in [2.45, 2.75) is 130 Å². The molecule has 1 fully saturated rings. The second-order valence-electron chi connectivity index (χ2n) is 14.5. The topological polar surface area (TPSA) is 9.23 Å². The molecule has 2 aromatic carbocycles. The third-order valence-electron chi connectivity index (χ3n) is 10.00. The van der Waals surface area contributed by atoms with E-state index >= 15 is 0 Å². The van der Waals surface area contributed by atoms with Gasteiger partial charge in [0.05, 0.1) is 6.10 Å². The van der Waals surface area contributed by atoms with Crippen LogP contribution in [0.4, 0.5) is 0 Å². The van der Waals surface area contributed by atoms with E-state index < -0.39 is 0 Å². The van der Waals surface area contributed by atoms with Gasteiger partial charge in [0, 0.05) is 16.9 Å². The van der Waals surface area contributed by atoms with Gasteiger partial charge in [0.25, 0.3) is 0 Å². The average Bonchev–Trinajstić information content (AvgIpc) is 2.91. The molecule has 2 unspecified atom stereocenters. The van der Waals surface area contributed by atoms with Gasteiger partial charge in [-0.15, -0.1) is 11.6 Å². The highest BCUT2D eigenvalue weighted by Crippen LogP contribution is 2.63. The highest BCUT2D eigenvalue weighted by atomic mass is 35.5. The van der Waals surface area contributed by atoms with E-state index in [0.29, 0.717) is 17.8 Å². The first-order valence-corrected chi connectivity index (χ1v) is 16.7. The number of hydrogen-bond donors (Lipinski definition) is 0. The van der Waals surface area contributed by atoms with Gasteiger partial charge in [0.2, 0.25) is 0 Å². The maximum atomic E-state index is 7.71. The molecule has 0 aromatic heterocycles. The van der Waals surface area contributed by atoms with Crippen molar-refractivity contribution in [2.24, 2.45) is 29.1 Å². The van der Waals surface area contributed by atoms with E-state index in [0.717, 1.165) is 44.6 Å². The quantitative estimate of drug-likeness (QED) is 0.195. The van der Waals surface area contributed by atoms with E-state index in [9.17, 15) is 0 Å². The molecule has 1 saturated carbocycles. The Labute approximate surface area is 252 Å². The normalized spacial score (nSPS) is 21.0. The fourth-order valence-corrected chi connectivity index (χ4v) is 8.90. The third kappa shape index (κ3) is 7.95. The second-order valence-corrected chi connectivity index (χ2v) is 15.3. The Balaban J connectivity index is 2.27. The van der Waals surface area contributed by atoms with Crippen LogP contribution in [0.15, 0.2) is 60.7 Å². The van der Waals surface area contributed by atoms with Gasteiger partial charge in [-0.05, 0) is 85.2 Å². The zero-order valence-corrected chi connectivity index (χ0v) is 27.8. The first-order chi connectivity index (χ1) is 18.9. The lowest BCUT2D eigenvalue weighted by molar-refractivity contribution is -0.130. The lowest BCUT2D eigenvalue weighted by Crippen LogP contribution is -2.53. The van der Waals surface area contributed by atoms with Crippen molar-refractivity contribution in [3.05, 3.63) is 71.8 Å². The molecule has 0 bridgehead atoms. The summed E-state index contributed by atoms with van der Waals surface area (Å²) in [6, 6.07) is 22.5. The summed E-state index contributed by atoms with van der Waals surface area (Å²) in [6.45, 7) is 19.8. The number of benzene rings is 2. The van der Waals surface area contributed by atoms with Gasteiger partial charge in [0.1, 0.15) is 0 Å². The van der Waals surface area contributed by atoms with Gasteiger partial charge < -0.3 is 4.74 Å². The van der Waals surface area contributed by atoms with Crippen LogP contribution in [0.3, 0.4) is 0 Å². The van der Waals surface area contributed by atoms with Crippen LogP contribution in [-0.2, 0) is 10.2 Å². The van der Waals surface area contributed by atoms with E-state index in [-0.39, 0.29) is 21.8 Å². The van der Waals surface area contributed by atoms with Crippen LogP contribution in [0.25, 0.3) is 0 Å². The van der Waals surface area contributed by atoms with Crippen molar-refractivity contribution in [1.29, 1.82) is 0 Å². The number of rotatable bonds is 15. The summed E-state index contributed by atoms with van der Waals surface area (Å²) in [7, 11) is 0. The minimum atomic E-state index is -0.200. The van der Waals surface area contributed by atoms with Crippen LogP contribution >= 0.6 is 11.6 Å². The molecule has 0 amide bonds. The van der Waals surface area contributed by atoms with Crippen molar-refractivity contribution in [1.82, 2.24) is 0 Å². The van der Waals surface area contributed by atoms with Crippen LogP contribution in [0, 0.1) is 29.1 Å². The number of halogens is 1. The fourth-order valence-electron chi connectivity index (χ4n) is 8.19. The summed E-state index contributed by atoms with van der Waals surface area (Å²) in [6.07, 6.45) is 10.4. The van der Waals surface area contributed by atoms with Crippen LogP contribution < -0.4 is 0 Å². The van der Waals surface area contributed by atoms with Crippen molar-refractivity contribution in [3.63, 3.8) is 0 Å². The smallest absolute Gasteiger partial charge is 0.0892 e. The summed E-state index contributed by atoms with van der Waals surface area (Å²) >= 11 is 7.71. The Morgan fingerprint density at radius 3 is 1.82 bits per heavy atom. The molecular weight excluding hydrogens is 508 g/mol. The van der Waals surface area contributed by atoms with Gasteiger partial charge >= 0.3 is 0 Å². The summed E-state index contributed by atoms with van der Waals surface area (Å²) < 4.78 is 7.12. The first kappa shape index (κ1) is 33.2. The van der Waals surface area contributed by atoms with E-state index in [1.54, 1.807) is 0 Å². The summed E-state index contributed by atoms with van der Waals surface area (Å²) in [5.41, 5.74) is 2.54. The monoisotopic (exact) mass is 566 g/mol. The number of ether oxygens (including phenoxy) is 1. The van der Waals surface area contributed by atoms with Crippen molar-refractivity contribution < 1.29 is 4.74 Å². The number of hydrogen-bond acceptors (Lipinski definition) is 1. The van der Waals surface area contributed by atoms with Crippen molar-refractivity contribution in [3.8, 4) is 0 Å². The molecule has 2 heteroatoms. The maximum Gasteiger partial charge on any atom is 0.0892 e. The summed E-state index contributed by atoms with van der Waals surface area (Å²) in [5, 5.41) is 0. The molecule has 1 aliphatic carbocycles. The maximum absolute atomic E-state index is 7.71. The standard InChI is InChI=1S/C38H59ClO/c1-9-26-40-35(32-16-12-10-13-17-32)38(34-22-20-31(6)21-23-34,36(7,8)33-18-14-11-15-19-33)25-24-37(39,27-29(2)3)28-30(4)5/h10-19,29-31,34-35H,9,20-28H2,1-8H3. The molecular formula is C38H59ClO. The molecule has 0 spiro atoms. The van der Waals surface area contributed by atoms with E-state index in [1.807, 2.05) is 0 Å². The van der Waals surface area contributed by atoms with Crippen molar-refractivity contribution in [2.75, 3.05) is 6.61 Å². The zero-order valence-electron chi connectivity index (χ0n) is 27.0. The predicted molar refractivity (Wildman–Crippen MR) is 175 cm³/mol. The van der Waals surface area contributed by atoms with Crippen molar-refractivity contribution >= 4 is 11.6 Å². The molecule has 2 aromatic rings. The van der Waals surface area contributed by atoms with Gasteiger partial charge in [-0.25, -0.2) is 0 Å². The third-order valence-corrected chi connectivity index (χ3v) is 10.5. The van der Waals surface area contributed by atoms with Gasteiger partial charge in [-0.3, -0.25) is 0 Å². The Kier molecular flexibility index (Phi) is 12.2. The Hall–Kier alpha value is -1.31. The van der Waals surface area contributed by atoms with Crippen LogP contribution in [-0.4, -0.2) is 11.5 Å². The second kappa shape index (κ2) is 14.7. The molecule has 1 nitrogen and oxygen atoms in total. The predicted octanol–water partition coefficient (Wildman–Crippen LogP) is 11.8. The minimum Gasteiger partial charge on any atom is -0.373 e. The number of alkyl halides is 1. The zero-order chi connectivity index (χ0) is 29.4. The lowest BCUT2D eigenvalue weighted by atomic mass is 9.48. The molecule has 2 atom stereocenters. The van der Waals surface area contributed by atoms with Crippen LogP contribution in [0.2, 0.25) is 0 Å². The molecule has 0 heterocycles. The SMILES string of the molecule is CCCOC(c1ccccc1)C(CCC(Cl)(CC(C)C)CC(C)C)(C1CCC(C)CC1)C(C)(C)c1ccccc1. The minimum absolute atomic E-state index is 0.0151. The molecule has 224 valence electrons. The molecule has 0 N–H and O–H groups in total. The highest BCUT2D eigenvalue weighted by Gasteiger charge is 2.57. The fraction of sp³-hybridized carbons (Fsp3) is 0.684. The Morgan fingerprint density at radius 2 is 1.32 bits per heavy atom. The lowest BCUT2D eigenvalue weighted by Gasteiger charge is -2.58. The first-order valence-electron chi connectivity index (χ1n) is 16.4. The van der Waals surface area contributed by atoms with E-state index in [1.165, 1.54) is 36.8 Å². The molecule has 0 saturated heterocycles. The van der Waals surface area contributed by atoms with Gasteiger partial charge in [-0.2, -0.15) is 0 Å². The van der Waals surface area contributed by atoms with Crippen LogP contribution in [0.5, 0.6) is 0 Å². The highest BCUT2D eigenvalue weighted by molar-refractivity contribution is 6.23. The summed E-state index contributed by atoms with van der Waals surface area (Å²) in [4.78, 5) is -0.200. The van der Waals surface area contributed by atoms with Gasteiger partial charge in [0.15, 0.2) is 0 Å². The largest absolute Gasteiger partial charge is 0.373 e. The van der Waals surface area contributed by atoms with Crippen LogP contribution in [0.1, 0.15) is 130 Å². The average molecular weight is 567 g/mol.